The maximum Gasteiger partial charge on any atom is 0.261 e. The van der Waals surface area contributed by atoms with Crippen LogP contribution in [-0.4, -0.2) is 45.4 Å². The first-order valence-electron chi connectivity index (χ1n) is 9.75. The quantitative estimate of drug-likeness (QED) is 0.620. The number of carbonyl (C=O) groups is 1. The molecule has 2 N–H and O–H groups in total. The summed E-state index contributed by atoms with van der Waals surface area (Å²) >= 11 is 6.23. The summed E-state index contributed by atoms with van der Waals surface area (Å²) in [5.74, 6) is -0.221. The summed E-state index contributed by atoms with van der Waals surface area (Å²) in [5.41, 5.74) is 1.60. The van der Waals surface area contributed by atoms with Crippen molar-refractivity contribution >= 4 is 33.2 Å². The molecule has 1 fully saturated rings. The molecule has 0 spiro atoms. The smallest absolute Gasteiger partial charge is 0.261 e. The lowest BCUT2D eigenvalue weighted by Crippen LogP contribution is -2.28. The monoisotopic (exact) mass is 435 g/mol. The second-order valence-electron chi connectivity index (χ2n) is 7.27. The molecule has 2 aromatic rings. The first-order chi connectivity index (χ1) is 13.8. The summed E-state index contributed by atoms with van der Waals surface area (Å²) < 4.78 is 27.5. The topological polar surface area (TPSA) is 78.5 Å². The number of anilines is 1. The Morgan fingerprint density at radius 2 is 1.79 bits per heavy atom. The molecule has 1 saturated heterocycles. The van der Waals surface area contributed by atoms with Crippen LogP contribution in [0.1, 0.15) is 35.2 Å². The van der Waals surface area contributed by atoms with Crippen LogP contribution >= 0.6 is 11.6 Å². The van der Waals surface area contributed by atoms with Crippen molar-refractivity contribution in [1.29, 1.82) is 0 Å². The minimum absolute atomic E-state index is 0.152. The summed E-state index contributed by atoms with van der Waals surface area (Å²) in [4.78, 5) is 14.9. The molecule has 1 amide bonds. The minimum Gasteiger partial charge on any atom is -0.352 e. The molecule has 0 radical (unpaired) electrons. The average Bonchev–Trinajstić information content (AvgIpc) is 3.20. The highest BCUT2D eigenvalue weighted by Crippen LogP contribution is 2.26. The number of nitrogens with zero attached hydrogens (tertiary/aromatic N) is 1. The molecule has 0 bridgehead atoms. The Morgan fingerprint density at radius 1 is 1.10 bits per heavy atom. The van der Waals surface area contributed by atoms with Crippen molar-refractivity contribution in [1.82, 2.24) is 10.2 Å². The fourth-order valence-corrected chi connectivity index (χ4v) is 4.64. The Bertz CT molecular complexity index is 956. The van der Waals surface area contributed by atoms with Crippen LogP contribution in [0.25, 0.3) is 0 Å². The van der Waals surface area contributed by atoms with Crippen LogP contribution in [-0.2, 0) is 10.0 Å². The Kier molecular flexibility index (Phi) is 7.16. The number of nitrogens with one attached hydrogen (secondary N) is 2. The molecule has 1 aliphatic heterocycles. The Hall–Kier alpha value is -2.09. The van der Waals surface area contributed by atoms with Gasteiger partial charge in [-0.05, 0) is 76.2 Å². The van der Waals surface area contributed by atoms with E-state index in [2.05, 4.69) is 14.9 Å². The highest BCUT2D eigenvalue weighted by Gasteiger charge is 2.17. The zero-order chi connectivity index (χ0) is 20.9. The Morgan fingerprint density at radius 3 is 2.45 bits per heavy atom. The van der Waals surface area contributed by atoms with E-state index < -0.39 is 10.0 Å². The van der Waals surface area contributed by atoms with Gasteiger partial charge in [0.15, 0.2) is 0 Å². The summed E-state index contributed by atoms with van der Waals surface area (Å²) in [6.07, 6.45) is 3.41. The van der Waals surface area contributed by atoms with Crippen LogP contribution in [0.4, 0.5) is 5.69 Å². The van der Waals surface area contributed by atoms with E-state index in [1.807, 2.05) is 6.92 Å². The van der Waals surface area contributed by atoms with Crippen LogP contribution in [0.3, 0.4) is 0 Å². The maximum atomic E-state index is 12.5. The molecule has 0 atom stereocenters. The van der Waals surface area contributed by atoms with Crippen LogP contribution in [0.5, 0.6) is 0 Å². The van der Waals surface area contributed by atoms with Gasteiger partial charge in [-0.2, -0.15) is 0 Å². The average molecular weight is 436 g/mol. The molecule has 0 aromatic heterocycles. The van der Waals surface area contributed by atoms with E-state index in [4.69, 9.17) is 11.6 Å². The normalized spacial score (nSPS) is 14.7. The third-order valence-electron chi connectivity index (χ3n) is 4.94. The number of carbonyl (C=O) groups excluding carboxylic acids is 1. The van der Waals surface area contributed by atoms with Crippen molar-refractivity contribution in [2.24, 2.45) is 0 Å². The number of likely N-dealkylation sites (tertiary alicyclic amines) is 1. The van der Waals surface area contributed by atoms with Crippen molar-refractivity contribution in [2.45, 2.75) is 31.1 Å². The standard InChI is InChI=1S/C21H26ClN3O3S/c1-16-5-8-18(9-6-16)29(27,28)24-20-10-7-17(15-19(20)22)21(26)23-11-4-14-25-12-2-3-13-25/h5-10,15,24H,2-4,11-14H2,1H3,(H,23,26). The lowest BCUT2D eigenvalue weighted by molar-refractivity contribution is 0.0952. The van der Waals surface area contributed by atoms with Crippen LogP contribution < -0.4 is 10.0 Å². The molecule has 1 heterocycles. The van der Waals surface area contributed by atoms with Crippen molar-refractivity contribution in [3.8, 4) is 0 Å². The molecule has 29 heavy (non-hydrogen) atoms. The number of hydrogen-bond acceptors (Lipinski definition) is 4. The predicted octanol–water partition coefficient (Wildman–Crippen LogP) is 3.66. The summed E-state index contributed by atoms with van der Waals surface area (Å²) in [5, 5.41) is 3.06. The molecule has 156 valence electrons. The van der Waals surface area contributed by atoms with E-state index in [-0.39, 0.29) is 21.5 Å². The zero-order valence-electron chi connectivity index (χ0n) is 16.4. The maximum absolute atomic E-state index is 12.5. The fraction of sp³-hybridized carbons (Fsp3) is 0.381. The summed E-state index contributed by atoms with van der Waals surface area (Å²) in [6, 6.07) is 11.1. The van der Waals surface area contributed by atoms with Crippen molar-refractivity contribution in [2.75, 3.05) is 30.9 Å². The van der Waals surface area contributed by atoms with Gasteiger partial charge >= 0.3 is 0 Å². The summed E-state index contributed by atoms with van der Waals surface area (Å²) in [6.45, 7) is 5.75. The second-order valence-corrected chi connectivity index (χ2v) is 9.36. The van der Waals surface area contributed by atoms with Gasteiger partial charge in [0.05, 0.1) is 15.6 Å². The van der Waals surface area contributed by atoms with E-state index in [1.165, 1.54) is 37.1 Å². The number of amides is 1. The minimum atomic E-state index is -3.75. The number of aryl methyl sites for hydroxylation is 1. The predicted molar refractivity (Wildman–Crippen MR) is 116 cm³/mol. The lowest BCUT2D eigenvalue weighted by Gasteiger charge is -2.14. The fourth-order valence-electron chi connectivity index (χ4n) is 3.27. The van der Waals surface area contributed by atoms with E-state index in [9.17, 15) is 13.2 Å². The molecule has 1 aliphatic rings. The highest BCUT2D eigenvalue weighted by atomic mass is 35.5. The van der Waals surface area contributed by atoms with Gasteiger partial charge < -0.3 is 10.2 Å². The van der Waals surface area contributed by atoms with Crippen molar-refractivity contribution in [3.05, 3.63) is 58.6 Å². The van der Waals surface area contributed by atoms with E-state index in [0.717, 1.165) is 31.6 Å². The third-order valence-corrected chi connectivity index (χ3v) is 6.64. The number of benzene rings is 2. The Balaban J connectivity index is 1.57. The van der Waals surface area contributed by atoms with Gasteiger partial charge in [0.1, 0.15) is 0 Å². The largest absolute Gasteiger partial charge is 0.352 e. The number of hydrogen-bond donors (Lipinski definition) is 2. The van der Waals surface area contributed by atoms with E-state index in [1.54, 1.807) is 18.2 Å². The second kappa shape index (κ2) is 9.61. The third kappa shape index (κ3) is 5.95. The molecule has 0 unspecified atom stereocenters. The molecule has 8 heteroatoms. The van der Waals surface area contributed by atoms with Gasteiger partial charge in [-0.15, -0.1) is 0 Å². The SMILES string of the molecule is Cc1ccc(S(=O)(=O)Nc2ccc(C(=O)NCCCN3CCCC3)cc2Cl)cc1. The molecular formula is C21H26ClN3O3S. The lowest BCUT2D eigenvalue weighted by atomic mass is 10.2. The molecular weight excluding hydrogens is 410 g/mol. The van der Waals surface area contributed by atoms with Gasteiger partial charge in [-0.25, -0.2) is 8.42 Å². The Labute approximate surface area is 177 Å². The molecule has 0 saturated carbocycles. The van der Waals surface area contributed by atoms with Crippen LogP contribution in [0, 0.1) is 6.92 Å². The van der Waals surface area contributed by atoms with Gasteiger partial charge in [-0.3, -0.25) is 9.52 Å². The van der Waals surface area contributed by atoms with Crippen molar-refractivity contribution < 1.29 is 13.2 Å². The molecule has 2 aromatic carbocycles. The van der Waals surface area contributed by atoms with Crippen LogP contribution in [0.2, 0.25) is 5.02 Å². The number of rotatable bonds is 8. The molecule has 3 rings (SSSR count). The van der Waals surface area contributed by atoms with Crippen LogP contribution in [0.15, 0.2) is 47.4 Å². The van der Waals surface area contributed by atoms with Gasteiger partial charge in [0, 0.05) is 12.1 Å². The van der Waals surface area contributed by atoms with E-state index >= 15 is 0 Å². The number of halogens is 1. The van der Waals surface area contributed by atoms with Gasteiger partial charge in [0.2, 0.25) is 0 Å². The molecule has 0 aliphatic carbocycles. The highest BCUT2D eigenvalue weighted by molar-refractivity contribution is 7.92. The number of sulfonamides is 1. The summed E-state index contributed by atoms with van der Waals surface area (Å²) in [7, 11) is -3.75. The van der Waals surface area contributed by atoms with E-state index in [0.29, 0.717) is 12.1 Å². The van der Waals surface area contributed by atoms with Gasteiger partial charge in [0.25, 0.3) is 15.9 Å². The van der Waals surface area contributed by atoms with Crippen molar-refractivity contribution in [3.63, 3.8) is 0 Å². The van der Waals surface area contributed by atoms with Gasteiger partial charge in [-0.1, -0.05) is 29.3 Å². The molecule has 6 nitrogen and oxygen atoms in total. The zero-order valence-corrected chi connectivity index (χ0v) is 18.0. The first-order valence-corrected chi connectivity index (χ1v) is 11.6. The first kappa shape index (κ1) is 21.6.